The third-order valence-electron chi connectivity index (χ3n) is 3.95. The summed E-state index contributed by atoms with van der Waals surface area (Å²) in [5.41, 5.74) is 0.885. The standard InChI is InChI=1S/C17H23NO5/c1-2-22-16(20)13-8-9-15(19)14(10-13)18-17(21)23-11-12-6-4-3-5-7-12/h3-7,13-15,19H,2,8-11H2,1H3,(H,18,21)/t13-,14+,15+/m0/s1. The van der Waals surface area contributed by atoms with E-state index in [1.54, 1.807) is 6.92 Å². The van der Waals surface area contributed by atoms with E-state index < -0.39 is 18.2 Å². The summed E-state index contributed by atoms with van der Waals surface area (Å²) in [4.78, 5) is 23.7. The van der Waals surface area contributed by atoms with E-state index >= 15 is 0 Å². The number of alkyl carbamates (subject to hydrolysis) is 1. The average molecular weight is 321 g/mol. The van der Waals surface area contributed by atoms with Gasteiger partial charge in [-0.15, -0.1) is 0 Å². The Morgan fingerprint density at radius 3 is 2.65 bits per heavy atom. The van der Waals surface area contributed by atoms with Gasteiger partial charge in [0.15, 0.2) is 0 Å². The number of carbonyl (C=O) groups excluding carboxylic acids is 2. The lowest BCUT2D eigenvalue weighted by atomic mass is 9.84. The molecule has 6 heteroatoms. The molecule has 0 saturated heterocycles. The molecule has 0 aliphatic heterocycles. The first kappa shape index (κ1) is 17.3. The van der Waals surface area contributed by atoms with Gasteiger partial charge < -0.3 is 19.9 Å². The lowest BCUT2D eigenvalue weighted by Crippen LogP contribution is -2.48. The maximum atomic E-state index is 11.9. The van der Waals surface area contributed by atoms with Crippen molar-refractivity contribution >= 4 is 12.1 Å². The first-order chi connectivity index (χ1) is 11.1. The number of rotatable bonds is 5. The van der Waals surface area contributed by atoms with E-state index in [9.17, 15) is 14.7 Å². The van der Waals surface area contributed by atoms with Gasteiger partial charge in [0.1, 0.15) is 6.61 Å². The van der Waals surface area contributed by atoms with Crippen molar-refractivity contribution in [3.05, 3.63) is 35.9 Å². The second kappa shape index (κ2) is 8.53. The smallest absolute Gasteiger partial charge is 0.407 e. The minimum atomic E-state index is -0.676. The van der Waals surface area contributed by atoms with E-state index in [2.05, 4.69) is 5.32 Å². The molecule has 0 radical (unpaired) electrons. The maximum absolute atomic E-state index is 11.9. The molecular formula is C17H23NO5. The highest BCUT2D eigenvalue weighted by Crippen LogP contribution is 2.26. The zero-order valence-corrected chi connectivity index (χ0v) is 13.2. The predicted octanol–water partition coefficient (Wildman–Crippen LogP) is 2.01. The van der Waals surface area contributed by atoms with Crippen molar-refractivity contribution in [2.45, 2.75) is 44.9 Å². The first-order valence-corrected chi connectivity index (χ1v) is 7.92. The van der Waals surface area contributed by atoms with Crippen LogP contribution < -0.4 is 5.32 Å². The van der Waals surface area contributed by atoms with Crippen LogP contribution in [0.2, 0.25) is 0 Å². The molecule has 6 nitrogen and oxygen atoms in total. The summed E-state index contributed by atoms with van der Waals surface area (Å²) < 4.78 is 10.2. The number of benzene rings is 1. The highest BCUT2D eigenvalue weighted by Gasteiger charge is 2.34. The average Bonchev–Trinajstić information content (AvgIpc) is 2.56. The fourth-order valence-corrected chi connectivity index (χ4v) is 2.70. The highest BCUT2D eigenvalue weighted by atomic mass is 16.5. The Kier molecular flexibility index (Phi) is 6.40. The number of aliphatic hydroxyl groups is 1. The van der Waals surface area contributed by atoms with Gasteiger partial charge in [-0.3, -0.25) is 4.79 Å². The van der Waals surface area contributed by atoms with Gasteiger partial charge in [-0.05, 0) is 31.7 Å². The molecule has 0 unspecified atom stereocenters. The van der Waals surface area contributed by atoms with Crippen LogP contribution in [-0.2, 0) is 20.9 Å². The van der Waals surface area contributed by atoms with Gasteiger partial charge in [0.05, 0.1) is 24.7 Å². The molecule has 0 aromatic heterocycles. The summed E-state index contributed by atoms with van der Waals surface area (Å²) >= 11 is 0. The number of ether oxygens (including phenoxy) is 2. The maximum Gasteiger partial charge on any atom is 0.407 e. The summed E-state index contributed by atoms with van der Waals surface area (Å²) in [7, 11) is 0. The van der Waals surface area contributed by atoms with Crippen molar-refractivity contribution in [2.75, 3.05) is 6.61 Å². The van der Waals surface area contributed by atoms with Crippen LogP contribution in [0.5, 0.6) is 0 Å². The number of aliphatic hydroxyl groups excluding tert-OH is 1. The Morgan fingerprint density at radius 1 is 1.22 bits per heavy atom. The van der Waals surface area contributed by atoms with E-state index in [0.717, 1.165) is 5.56 Å². The fourth-order valence-electron chi connectivity index (χ4n) is 2.70. The van der Waals surface area contributed by atoms with Crippen LogP contribution in [0, 0.1) is 5.92 Å². The highest BCUT2D eigenvalue weighted by molar-refractivity contribution is 5.73. The molecule has 126 valence electrons. The minimum absolute atomic E-state index is 0.163. The van der Waals surface area contributed by atoms with E-state index in [0.29, 0.717) is 25.9 Å². The Hall–Kier alpha value is -2.08. The molecule has 2 N–H and O–H groups in total. The van der Waals surface area contributed by atoms with Crippen molar-refractivity contribution < 1.29 is 24.2 Å². The van der Waals surface area contributed by atoms with Crippen LogP contribution in [0.3, 0.4) is 0 Å². The van der Waals surface area contributed by atoms with E-state index in [1.807, 2.05) is 30.3 Å². The topological polar surface area (TPSA) is 84.9 Å². The predicted molar refractivity (Wildman–Crippen MR) is 83.5 cm³/mol. The largest absolute Gasteiger partial charge is 0.466 e. The molecule has 1 aliphatic rings. The van der Waals surface area contributed by atoms with Crippen molar-refractivity contribution in [1.82, 2.24) is 5.32 Å². The van der Waals surface area contributed by atoms with Crippen LogP contribution in [0.1, 0.15) is 31.7 Å². The molecule has 23 heavy (non-hydrogen) atoms. The van der Waals surface area contributed by atoms with Gasteiger partial charge in [0.2, 0.25) is 0 Å². The number of esters is 1. The number of amides is 1. The monoisotopic (exact) mass is 321 g/mol. The molecule has 1 saturated carbocycles. The Labute approximate surface area is 135 Å². The number of hydrogen-bond donors (Lipinski definition) is 2. The van der Waals surface area contributed by atoms with Gasteiger partial charge in [-0.25, -0.2) is 4.79 Å². The van der Waals surface area contributed by atoms with E-state index in [4.69, 9.17) is 9.47 Å². The lowest BCUT2D eigenvalue weighted by Gasteiger charge is -2.32. The fraction of sp³-hybridized carbons (Fsp3) is 0.529. The Balaban J connectivity index is 1.82. The quantitative estimate of drug-likeness (QED) is 0.810. The third-order valence-corrected chi connectivity index (χ3v) is 3.95. The normalized spacial score (nSPS) is 23.8. The Bertz CT molecular complexity index is 519. The number of carbonyl (C=O) groups is 2. The molecule has 0 bridgehead atoms. The molecule has 1 aliphatic carbocycles. The summed E-state index contributed by atoms with van der Waals surface area (Å²) in [5.74, 6) is -0.568. The van der Waals surface area contributed by atoms with Crippen molar-refractivity contribution in [3.8, 4) is 0 Å². The number of nitrogens with one attached hydrogen (secondary N) is 1. The van der Waals surface area contributed by atoms with Crippen molar-refractivity contribution in [3.63, 3.8) is 0 Å². The molecule has 1 fully saturated rings. The molecule has 3 atom stereocenters. The van der Waals surface area contributed by atoms with Crippen LogP contribution in [0.4, 0.5) is 4.79 Å². The molecular weight excluding hydrogens is 298 g/mol. The third kappa shape index (κ3) is 5.25. The summed E-state index contributed by atoms with van der Waals surface area (Å²) in [6.07, 6.45) is 0.109. The van der Waals surface area contributed by atoms with Crippen molar-refractivity contribution in [2.24, 2.45) is 5.92 Å². The SMILES string of the molecule is CCOC(=O)[C@H]1CC[C@@H](O)[C@H](NC(=O)OCc2ccccc2)C1. The van der Waals surface area contributed by atoms with Gasteiger partial charge in [-0.1, -0.05) is 30.3 Å². The molecule has 2 rings (SSSR count). The summed E-state index contributed by atoms with van der Waals surface area (Å²) in [6, 6.07) is 8.84. The van der Waals surface area contributed by atoms with Gasteiger partial charge in [-0.2, -0.15) is 0 Å². The van der Waals surface area contributed by atoms with E-state index in [1.165, 1.54) is 0 Å². The van der Waals surface area contributed by atoms with Crippen LogP contribution in [0.25, 0.3) is 0 Å². The minimum Gasteiger partial charge on any atom is -0.466 e. The van der Waals surface area contributed by atoms with E-state index in [-0.39, 0.29) is 18.5 Å². The van der Waals surface area contributed by atoms with Crippen LogP contribution in [0.15, 0.2) is 30.3 Å². The molecule has 1 aromatic rings. The molecule has 0 heterocycles. The zero-order chi connectivity index (χ0) is 16.7. The van der Waals surface area contributed by atoms with Crippen LogP contribution >= 0.6 is 0 Å². The second-order valence-electron chi connectivity index (χ2n) is 5.64. The molecule has 0 spiro atoms. The van der Waals surface area contributed by atoms with Gasteiger partial charge in [0.25, 0.3) is 0 Å². The molecule has 1 aromatic carbocycles. The zero-order valence-electron chi connectivity index (χ0n) is 13.2. The second-order valence-corrected chi connectivity index (χ2v) is 5.64. The molecule has 1 amide bonds. The number of hydrogen-bond acceptors (Lipinski definition) is 5. The Morgan fingerprint density at radius 2 is 1.96 bits per heavy atom. The first-order valence-electron chi connectivity index (χ1n) is 7.92. The van der Waals surface area contributed by atoms with Gasteiger partial charge >= 0.3 is 12.1 Å². The summed E-state index contributed by atoms with van der Waals surface area (Å²) in [6.45, 7) is 2.25. The summed E-state index contributed by atoms with van der Waals surface area (Å²) in [5, 5.41) is 12.7. The lowest BCUT2D eigenvalue weighted by molar-refractivity contribution is -0.150. The van der Waals surface area contributed by atoms with Crippen molar-refractivity contribution in [1.29, 1.82) is 0 Å². The van der Waals surface area contributed by atoms with Crippen LogP contribution in [-0.4, -0.2) is 35.9 Å². The van der Waals surface area contributed by atoms with Gasteiger partial charge in [0, 0.05) is 0 Å².